The van der Waals surface area contributed by atoms with E-state index in [1.807, 2.05) is 0 Å². The summed E-state index contributed by atoms with van der Waals surface area (Å²) in [5.74, 6) is 0.487. The van der Waals surface area contributed by atoms with Crippen LogP contribution in [-0.4, -0.2) is 21.5 Å². The molecule has 1 aromatic carbocycles. The molecule has 0 spiro atoms. The molecule has 138 valence electrons. The van der Waals surface area contributed by atoms with Crippen LogP contribution in [0.5, 0.6) is 0 Å². The first-order valence-electron chi connectivity index (χ1n) is 9.35. The zero-order chi connectivity index (χ0) is 18.3. The van der Waals surface area contributed by atoms with Gasteiger partial charge < -0.3 is 10.2 Å². The maximum Gasteiger partial charge on any atom is 0.200 e. The van der Waals surface area contributed by atoms with Crippen LogP contribution in [0.4, 0.5) is 0 Å². The van der Waals surface area contributed by atoms with E-state index in [9.17, 15) is 0 Å². The molecule has 2 N–H and O–H groups in total. The Bertz CT molecular complexity index is 451. The first-order chi connectivity index (χ1) is 11.3. The van der Waals surface area contributed by atoms with Crippen LogP contribution >= 0.6 is 15.9 Å². The summed E-state index contributed by atoms with van der Waals surface area (Å²) >= 11 is 3.52. The van der Waals surface area contributed by atoms with Gasteiger partial charge in [-0.15, -0.1) is 0 Å². The summed E-state index contributed by atoms with van der Waals surface area (Å²) in [6.45, 7) is 15.6. The van der Waals surface area contributed by atoms with Crippen LogP contribution in [0, 0.1) is 0 Å². The van der Waals surface area contributed by atoms with Gasteiger partial charge in [-0.3, -0.25) is 0 Å². The molecule has 0 saturated heterocycles. The van der Waals surface area contributed by atoms with Crippen LogP contribution in [0.2, 0.25) is 16.6 Å². The Balaban J connectivity index is 2.80. The molecular formula is C20H36BrNOSi. The van der Waals surface area contributed by atoms with Gasteiger partial charge in [0.25, 0.3) is 0 Å². The van der Waals surface area contributed by atoms with E-state index < -0.39 is 8.32 Å². The molecule has 2 nitrogen and oxygen atoms in total. The van der Waals surface area contributed by atoms with Crippen molar-refractivity contribution in [2.45, 2.75) is 76.9 Å². The first-order valence-corrected chi connectivity index (χ1v) is 12.3. The van der Waals surface area contributed by atoms with Gasteiger partial charge in [0.1, 0.15) is 0 Å². The molecule has 0 bridgehead atoms. The van der Waals surface area contributed by atoms with Gasteiger partial charge in [0.05, 0.1) is 0 Å². The van der Waals surface area contributed by atoms with Gasteiger partial charge >= 0.3 is 0 Å². The van der Waals surface area contributed by atoms with Crippen molar-refractivity contribution < 1.29 is 4.43 Å². The largest absolute Gasteiger partial charge is 0.416 e. The summed E-state index contributed by atoms with van der Waals surface area (Å²) < 4.78 is 7.85. The average Bonchev–Trinajstić information content (AvgIpc) is 2.50. The van der Waals surface area contributed by atoms with Crippen molar-refractivity contribution in [1.82, 2.24) is 0 Å². The third-order valence-electron chi connectivity index (χ3n) is 5.38. The second kappa shape index (κ2) is 10.1. The maximum atomic E-state index is 6.72. The van der Waals surface area contributed by atoms with Crippen molar-refractivity contribution in [1.29, 1.82) is 0 Å². The Morgan fingerprint density at radius 3 is 1.83 bits per heavy atom. The monoisotopic (exact) mass is 413 g/mol. The highest BCUT2D eigenvalue weighted by atomic mass is 79.9. The first kappa shape index (κ1) is 21.9. The second-order valence-corrected chi connectivity index (χ2v) is 14.2. The van der Waals surface area contributed by atoms with Gasteiger partial charge in [-0.1, -0.05) is 69.6 Å². The standard InChI is InChI=1S/C20H36BrNOSi/c1-15(2)24(16(3)4,17(5)6)23-14-12-19(11-13-22)18-7-9-20(21)10-8-18/h7-10,15-17,19H,11-14,22H2,1-6H3. The van der Waals surface area contributed by atoms with Crippen LogP contribution in [0.1, 0.15) is 65.9 Å². The molecule has 0 fully saturated rings. The Morgan fingerprint density at radius 1 is 0.917 bits per heavy atom. The van der Waals surface area contributed by atoms with Crippen LogP contribution in [-0.2, 0) is 4.43 Å². The normalized spacial score (nSPS) is 14.0. The Labute approximate surface area is 158 Å². The Hall–Kier alpha value is -0.163. The molecule has 0 saturated carbocycles. The van der Waals surface area contributed by atoms with E-state index in [1.165, 1.54) is 5.56 Å². The lowest BCUT2D eigenvalue weighted by molar-refractivity contribution is 0.260. The Morgan fingerprint density at radius 2 is 1.42 bits per heavy atom. The molecule has 0 radical (unpaired) electrons. The molecule has 0 aliphatic rings. The van der Waals surface area contributed by atoms with E-state index in [2.05, 4.69) is 81.7 Å². The summed E-state index contributed by atoms with van der Waals surface area (Å²) in [6, 6.07) is 8.66. The van der Waals surface area contributed by atoms with Crippen molar-refractivity contribution >= 4 is 24.2 Å². The highest BCUT2D eigenvalue weighted by Crippen LogP contribution is 2.42. The lowest BCUT2D eigenvalue weighted by Gasteiger charge is -2.42. The number of hydrogen-bond acceptors (Lipinski definition) is 2. The van der Waals surface area contributed by atoms with Crippen molar-refractivity contribution in [2.24, 2.45) is 5.73 Å². The number of rotatable bonds is 10. The smallest absolute Gasteiger partial charge is 0.200 e. The lowest BCUT2D eigenvalue weighted by Crippen LogP contribution is -2.48. The molecule has 0 aliphatic heterocycles. The maximum absolute atomic E-state index is 6.72. The van der Waals surface area contributed by atoms with Gasteiger partial charge in [-0.05, 0) is 59.6 Å². The van der Waals surface area contributed by atoms with E-state index in [0.29, 0.717) is 22.5 Å². The SMILES string of the molecule is CC(C)[Si](OCCC(CCN)c1ccc(Br)cc1)(C(C)C)C(C)C. The minimum absolute atomic E-state index is 0.487. The van der Waals surface area contributed by atoms with Crippen LogP contribution < -0.4 is 5.73 Å². The highest BCUT2D eigenvalue weighted by Gasteiger charge is 2.44. The molecule has 1 atom stereocenters. The van der Waals surface area contributed by atoms with E-state index in [1.54, 1.807) is 0 Å². The average molecular weight is 415 g/mol. The van der Waals surface area contributed by atoms with Crippen molar-refractivity contribution in [3.05, 3.63) is 34.3 Å². The fourth-order valence-corrected chi connectivity index (χ4v) is 10.0. The van der Waals surface area contributed by atoms with E-state index in [4.69, 9.17) is 10.2 Å². The van der Waals surface area contributed by atoms with E-state index in [0.717, 1.165) is 30.5 Å². The molecule has 0 aromatic heterocycles. The molecule has 0 aliphatic carbocycles. The topological polar surface area (TPSA) is 35.2 Å². The summed E-state index contributed by atoms with van der Waals surface area (Å²) in [5.41, 5.74) is 9.14. The van der Waals surface area contributed by atoms with Crippen molar-refractivity contribution in [3.63, 3.8) is 0 Å². The molecule has 24 heavy (non-hydrogen) atoms. The summed E-state index contributed by atoms with van der Waals surface area (Å²) in [5, 5.41) is 0. The third-order valence-corrected chi connectivity index (χ3v) is 12.0. The van der Waals surface area contributed by atoms with Gasteiger partial charge in [-0.2, -0.15) is 0 Å². The predicted molar refractivity (Wildman–Crippen MR) is 112 cm³/mol. The number of nitrogens with two attached hydrogens (primary N) is 1. The summed E-state index contributed by atoms with van der Waals surface area (Å²) in [4.78, 5) is 0. The van der Waals surface area contributed by atoms with Crippen molar-refractivity contribution in [3.8, 4) is 0 Å². The Kier molecular flexibility index (Phi) is 9.21. The summed E-state index contributed by atoms with van der Waals surface area (Å²) in [7, 11) is -1.77. The quantitative estimate of drug-likeness (QED) is 0.446. The van der Waals surface area contributed by atoms with Gasteiger partial charge in [0.2, 0.25) is 0 Å². The molecule has 0 amide bonds. The van der Waals surface area contributed by atoms with E-state index in [-0.39, 0.29) is 0 Å². The van der Waals surface area contributed by atoms with Crippen molar-refractivity contribution in [2.75, 3.05) is 13.2 Å². The zero-order valence-corrected chi connectivity index (χ0v) is 18.9. The van der Waals surface area contributed by atoms with E-state index >= 15 is 0 Å². The molecule has 1 aromatic rings. The second-order valence-electron chi connectivity index (χ2n) is 7.78. The van der Waals surface area contributed by atoms with Gasteiger partial charge in [0.15, 0.2) is 8.32 Å². The minimum atomic E-state index is -1.77. The molecular weight excluding hydrogens is 378 g/mol. The van der Waals surface area contributed by atoms with Crippen LogP contribution in [0.25, 0.3) is 0 Å². The molecule has 1 unspecified atom stereocenters. The minimum Gasteiger partial charge on any atom is -0.416 e. The molecule has 4 heteroatoms. The zero-order valence-electron chi connectivity index (χ0n) is 16.3. The lowest BCUT2D eigenvalue weighted by atomic mass is 9.93. The van der Waals surface area contributed by atoms with Crippen LogP contribution in [0.3, 0.4) is 0 Å². The number of halogens is 1. The predicted octanol–water partition coefficient (Wildman–Crippen LogP) is 6.46. The van der Waals surface area contributed by atoms with Crippen LogP contribution in [0.15, 0.2) is 28.7 Å². The van der Waals surface area contributed by atoms with Gasteiger partial charge in [-0.25, -0.2) is 0 Å². The fraction of sp³-hybridized carbons (Fsp3) is 0.700. The van der Waals surface area contributed by atoms with Gasteiger partial charge in [0, 0.05) is 11.1 Å². The fourth-order valence-electron chi connectivity index (χ4n) is 4.29. The summed E-state index contributed by atoms with van der Waals surface area (Å²) in [6.07, 6.45) is 2.07. The third kappa shape index (κ3) is 5.42. The molecule has 1 rings (SSSR count). The number of hydrogen-bond donors (Lipinski definition) is 1. The number of benzene rings is 1. The molecule has 0 heterocycles. The highest BCUT2D eigenvalue weighted by molar-refractivity contribution is 9.10.